The van der Waals surface area contributed by atoms with Gasteiger partial charge in [-0.1, -0.05) is 31.9 Å². The van der Waals surface area contributed by atoms with E-state index in [1.54, 1.807) is 0 Å². The minimum Gasteiger partial charge on any atom is -0.481 e. The third-order valence-corrected chi connectivity index (χ3v) is 3.40. The zero-order chi connectivity index (χ0) is 13.8. The lowest BCUT2D eigenvalue weighted by molar-refractivity contribution is -0.139. The Hall–Kier alpha value is -1.90. The Kier molecular flexibility index (Phi) is 4.15. The summed E-state index contributed by atoms with van der Waals surface area (Å²) in [7, 11) is 0. The number of carboxylic acid groups (broad SMARTS) is 1. The monoisotopic (exact) mass is 257 g/mol. The Labute approximate surface area is 113 Å². The molecule has 3 heteroatoms. The van der Waals surface area contributed by atoms with Crippen LogP contribution in [0, 0.1) is 6.92 Å². The summed E-state index contributed by atoms with van der Waals surface area (Å²) in [6.45, 7) is 4.03. The number of aliphatic carboxylic acids is 1. The van der Waals surface area contributed by atoms with Gasteiger partial charge in [-0.3, -0.25) is 9.78 Å². The molecule has 1 unspecified atom stereocenters. The van der Waals surface area contributed by atoms with Crippen molar-refractivity contribution in [3.63, 3.8) is 0 Å². The fourth-order valence-electron chi connectivity index (χ4n) is 2.30. The van der Waals surface area contributed by atoms with E-state index >= 15 is 0 Å². The number of aromatic nitrogens is 1. The lowest BCUT2D eigenvalue weighted by Gasteiger charge is -2.13. The molecule has 0 fully saturated rings. The van der Waals surface area contributed by atoms with Crippen LogP contribution in [-0.2, 0) is 4.79 Å². The first-order valence-electron chi connectivity index (χ1n) is 6.72. The minimum absolute atomic E-state index is 0.411. The van der Waals surface area contributed by atoms with Crippen molar-refractivity contribution in [2.24, 2.45) is 0 Å². The molecular weight excluding hydrogens is 238 g/mol. The maximum absolute atomic E-state index is 11.4. The van der Waals surface area contributed by atoms with Crippen molar-refractivity contribution in [2.45, 2.75) is 39.0 Å². The van der Waals surface area contributed by atoms with Gasteiger partial charge in [0, 0.05) is 11.1 Å². The molecule has 1 aromatic heterocycles. The Balaban J connectivity index is 2.37. The smallest absolute Gasteiger partial charge is 0.310 e. The molecule has 19 heavy (non-hydrogen) atoms. The number of carbonyl (C=O) groups is 1. The van der Waals surface area contributed by atoms with Crippen LogP contribution in [-0.4, -0.2) is 16.1 Å². The van der Waals surface area contributed by atoms with E-state index in [0.29, 0.717) is 6.42 Å². The third-order valence-electron chi connectivity index (χ3n) is 3.40. The molecule has 0 radical (unpaired) electrons. The molecule has 3 nitrogen and oxygen atoms in total. The summed E-state index contributed by atoms with van der Waals surface area (Å²) >= 11 is 0. The van der Waals surface area contributed by atoms with Crippen LogP contribution in [0.3, 0.4) is 0 Å². The van der Waals surface area contributed by atoms with Crippen molar-refractivity contribution in [1.82, 2.24) is 4.98 Å². The molecule has 1 aromatic carbocycles. The van der Waals surface area contributed by atoms with Crippen molar-refractivity contribution in [2.75, 3.05) is 0 Å². The number of hydrogen-bond donors (Lipinski definition) is 1. The summed E-state index contributed by atoms with van der Waals surface area (Å²) in [6, 6.07) is 9.72. The largest absolute Gasteiger partial charge is 0.481 e. The number of aryl methyl sites for hydroxylation is 1. The van der Waals surface area contributed by atoms with Gasteiger partial charge in [0.05, 0.1) is 11.4 Å². The second-order valence-electron chi connectivity index (χ2n) is 4.94. The number of carboxylic acids is 1. The van der Waals surface area contributed by atoms with E-state index < -0.39 is 11.9 Å². The normalized spacial score (nSPS) is 12.5. The molecule has 1 heterocycles. The molecule has 2 rings (SSSR count). The summed E-state index contributed by atoms with van der Waals surface area (Å²) in [5.41, 5.74) is 2.77. The zero-order valence-corrected chi connectivity index (χ0v) is 11.4. The predicted octanol–water partition coefficient (Wildman–Crippen LogP) is 3.90. The van der Waals surface area contributed by atoms with Gasteiger partial charge in [-0.05, 0) is 37.1 Å². The maximum Gasteiger partial charge on any atom is 0.310 e. The van der Waals surface area contributed by atoms with E-state index in [1.165, 1.54) is 0 Å². The second kappa shape index (κ2) is 5.83. The number of rotatable bonds is 5. The molecule has 1 N–H and O–H groups in total. The van der Waals surface area contributed by atoms with Crippen molar-refractivity contribution >= 4 is 16.9 Å². The fourth-order valence-corrected chi connectivity index (χ4v) is 2.30. The van der Waals surface area contributed by atoms with Gasteiger partial charge < -0.3 is 5.11 Å². The molecule has 0 aliphatic rings. The average molecular weight is 257 g/mol. The molecule has 0 saturated carbocycles. The van der Waals surface area contributed by atoms with E-state index in [0.717, 1.165) is 35.0 Å². The molecule has 1 atom stereocenters. The first-order chi connectivity index (χ1) is 9.11. The molecule has 0 aliphatic heterocycles. The average Bonchev–Trinajstić information content (AvgIpc) is 2.39. The van der Waals surface area contributed by atoms with Crippen LogP contribution < -0.4 is 0 Å². The maximum atomic E-state index is 11.4. The highest BCUT2D eigenvalue weighted by atomic mass is 16.4. The molecule has 2 aromatic rings. The summed E-state index contributed by atoms with van der Waals surface area (Å²) in [6.07, 6.45) is 2.63. The Morgan fingerprint density at radius 2 is 2.11 bits per heavy atom. The number of pyridine rings is 1. The van der Waals surface area contributed by atoms with Gasteiger partial charge >= 0.3 is 5.97 Å². The highest BCUT2D eigenvalue weighted by Crippen LogP contribution is 2.25. The van der Waals surface area contributed by atoms with Crippen LogP contribution in [0.25, 0.3) is 10.9 Å². The summed E-state index contributed by atoms with van der Waals surface area (Å²) in [4.78, 5) is 15.8. The van der Waals surface area contributed by atoms with Gasteiger partial charge in [0.15, 0.2) is 0 Å². The molecule has 0 bridgehead atoms. The van der Waals surface area contributed by atoms with Crippen LogP contribution in [0.1, 0.15) is 43.4 Å². The molecule has 0 spiro atoms. The van der Waals surface area contributed by atoms with Crippen molar-refractivity contribution in [3.05, 3.63) is 41.6 Å². The number of benzene rings is 1. The van der Waals surface area contributed by atoms with Crippen LogP contribution in [0.4, 0.5) is 0 Å². The second-order valence-corrected chi connectivity index (χ2v) is 4.94. The van der Waals surface area contributed by atoms with Crippen LogP contribution in [0.2, 0.25) is 0 Å². The quantitative estimate of drug-likeness (QED) is 0.883. The standard InChI is InChI=1S/C16H19NO2/c1-3-4-5-14(16(18)19)12-8-9-15-13(10-12)7-6-11(2)17-15/h6-10,14H,3-5H2,1-2H3,(H,18,19). The predicted molar refractivity (Wildman–Crippen MR) is 76.4 cm³/mol. The van der Waals surface area contributed by atoms with Gasteiger partial charge in [-0.15, -0.1) is 0 Å². The highest BCUT2D eigenvalue weighted by Gasteiger charge is 2.19. The molecule has 0 saturated heterocycles. The van der Waals surface area contributed by atoms with E-state index in [4.69, 9.17) is 0 Å². The SMILES string of the molecule is CCCCC(C(=O)O)c1ccc2nc(C)ccc2c1. The van der Waals surface area contributed by atoms with Gasteiger partial charge in [0.2, 0.25) is 0 Å². The van der Waals surface area contributed by atoms with E-state index in [-0.39, 0.29) is 0 Å². The van der Waals surface area contributed by atoms with Gasteiger partial charge in [-0.25, -0.2) is 0 Å². The number of fused-ring (bicyclic) bond motifs is 1. The lowest BCUT2D eigenvalue weighted by atomic mass is 9.92. The van der Waals surface area contributed by atoms with Crippen LogP contribution >= 0.6 is 0 Å². The Morgan fingerprint density at radius 1 is 1.32 bits per heavy atom. The zero-order valence-electron chi connectivity index (χ0n) is 11.4. The Bertz CT molecular complexity index is 592. The highest BCUT2D eigenvalue weighted by molar-refractivity contribution is 5.83. The molecule has 0 aliphatic carbocycles. The van der Waals surface area contributed by atoms with Crippen LogP contribution in [0.15, 0.2) is 30.3 Å². The number of hydrogen-bond acceptors (Lipinski definition) is 2. The summed E-state index contributed by atoms with van der Waals surface area (Å²) in [5, 5.41) is 10.4. The molecule has 100 valence electrons. The summed E-state index contributed by atoms with van der Waals surface area (Å²) in [5.74, 6) is -1.15. The third kappa shape index (κ3) is 3.11. The topological polar surface area (TPSA) is 50.2 Å². The number of nitrogens with zero attached hydrogens (tertiary/aromatic N) is 1. The van der Waals surface area contributed by atoms with Gasteiger partial charge in [-0.2, -0.15) is 0 Å². The van der Waals surface area contributed by atoms with Crippen molar-refractivity contribution < 1.29 is 9.90 Å². The van der Waals surface area contributed by atoms with Crippen molar-refractivity contribution in [3.8, 4) is 0 Å². The number of unbranched alkanes of at least 4 members (excludes halogenated alkanes) is 1. The Morgan fingerprint density at radius 3 is 2.79 bits per heavy atom. The van der Waals surface area contributed by atoms with E-state index in [9.17, 15) is 9.90 Å². The fraction of sp³-hybridized carbons (Fsp3) is 0.375. The first kappa shape index (κ1) is 13.5. The molecule has 0 amide bonds. The summed E-state index contributed by atoms with van der Waals surface area (Å²) < 4.78 is 0. The lowest BCUT2D eigenvalue weighted by Crippen LogP contribution is -2.11. The van der Waals surface area contributed by atoms with Gasteiger partial charge in [0.1, 0.15) is 0 Å². The first-order valence-corrected chi connectivity index (χ1v) is 6.72. The minimum atomic E-state index is -0.743. The van der Waals surface area contributed by atoms with Crippen LogP contribution in [0.5, 0.6) is 0 Å². The molecular formula is C16H19NO2. The van der Waals surface area contributed by atoms with E-state index in [2.05, 4.69) is 11.9 Å². The van der Waals surface area contributed by atoms with Crippen molar-refractivity contribution in [1.29, 1.82) is 0 Å². The van der Waals surface area contributed by atoms with E-state index in [1.807, 2.05) is 37.3 Å². The van der Waals surface area contributed by atoms with Gasteiger partial charge in [0.25, 0.3) is 0 Å².